The van der Waals surface area contributed by atoms with Gasteiger partial charge in [0.1, 0.15) is 12.7 Å². The predicted molar refractivity (Wildman–Crippen MR) is 115 cm³/mol. The average molecular weight is 406 g/mol. The Labute approximate surface area is 174 Å². The van der Waals surface area contributed by atoms with Crippen molar-refractivity contribution in [3.63, 3.8) is 0 Å². The van der Waals surface area contributed by atoms with E-state index in [1.165, 1.54) is 0 Å². The smallest absolute Gasteiger partial charge is 0.252 e. The van der Waals surface area contributed by atoms with Crippen LogP contribution in [-0.2, 0) is 4.79 Å². The van der Waals surface area contributed by atoms with Gasteiger partial charge in [-0.1, -0.05) is 72.3 Å². The number of halogens is 1. The van der Waals surface area contributed by atoms with Crippen LogP contribution in [-0.4, -0.2) is 25.2 Å². The monoisotopic (exact) mass is 405 g/mol. The van der Waals surface area contributed by atoms with Crippen LogP contribution in [0, 0.1) is 0 Å². The molecule has 4 rings (SSSR count). The van der Waals surface area contributed by atoms with Crippen molar-refractivity contribution in [3.05, 3.63) is 95.0 Å². The van der Waals surface area contributed by atoms with Crippen molar-refractivity contribution in [2.24, 2.45) is 0 Å². The first-order chi connectivity index (χ1) is 14.2. The van der Waals surface area contributed by atoms with Crippen LogP contribution in [0.25, 0.3) is 11.6 Å². The Morgan fingerprint density at radius 3 is 2.45 bits per heavy atom. The van der Waals surface area contributed by atoms with Crippen molar-refractivity contribution >= 4 is 29.2 Å². The van der Waals surface area contributed by atoms with Gasteiger partial charge in [0.2, 0.25) is 0 Å². The summed E-state index contributed by atoms with van der Waals surface area (Å²) < 4.78 is 11.6. The fraction of sp³-hybridized carbons (Fsp3) is 0.125. The van der Waals surface area contributed by atoms with Gasteiger partial charge < -0.3 is 14.8 Å². The quantitative estimate of drug-likeness (QED) is 0.488. The molecule has 4 nitrogen and oxygen atoms in total. The van der Waals surface area contributed by atoms with Crippen LogP contribution in [0.3, 0.4) is 0 Å². The summed E-state index contributed by atoms with van der Waals surface area (Å²) in [5.41, 5.74) is 2.14. The Bertz CT molecular complexity index is 1030. The Kier molecular flexibility index (Phi) is 5.82. The van der Waals surface area contributed by atoms with Gasteiger partial charge >= 0.3 is 0 Å². The molecule has 1 aliphatic heterocycles. The second kappa shape index (κ2) is 8.84. The maximum Gasteiger partial charge on any atom is 0.252 e. The standard InChI is InChI=1S/C24H20ClNO3/c25-21-11-5-4-10-18(21)14-20(17-8-2-1-3-9-17)24(27)26-15-19-16-28-22-12-6-7-13-23(22)29-19/h1-14,19H,15-16H2,(H,26,27)/b20-14+. The largest absolute Gasteiger partial charge is 0.486 e. The number of fused-ring (bicyclic) bond motifs is 1. The molecule has 29 heavy (non-hydrogen) atoms. The van der Waals surface area contributed by atoms with Gasteiger partial charge in [-0.15, -0.1) is 0 Å². The van der Waals surface area contributed by atoms with E-state index in [0.29, 0.717) is 29.5 Å². The number of carbonyl (C=O) groups excluding carboxylic acids is 1. The maximum absolute atomic E-state index is 13.0. The van der Waals surface area contributed by atoms with Crippen LogP contribution >= 0.6 is 11.6 Å². The predicted octanol–water partition coefficient (Wildman–Crippen LogP) is 4.84. The molecule has 1 unspecified atom stereocenters. The van der Waals surface area contributed by atoms with Crippen molar-refractivity contribution in [1.29, 1.82) is 0 Å². The second-order valence-corrected chi connectivity index (χ2v) is 7.06. The third kappa shape index (κ3) is 4.61. The fourth-order valence-electron chi connectivity index (χ4n) is 3.11. The van der Waals surface area contributed by atoms with E-state index in [1.54, 1.807) is 12.1 Å². The first-order valence-electron chi connectivity index (χ1n) is 9.39. The van der Waals surface area contributed by atoms with Crippen LogP contribution in [0.4, 0.5) is 0 Å². The van der Waals surface area contributed by atoms with E-state index in [2.05, 4.69) is 5.32 Å². The highest BCUT2D eigenvalue weighted by Crippen LogP contribution is 2.30. The topological polar surface area (TPSA) is 47.6 Å². The molecule has 1 heterocycles. The maximum atomic E-state index is 13.0. The molecule has 1 amide bonds. The molecule has 1 aliphatic rings. The second-order valence-electron chi connectivity index (χ2n) is 6.65. The summed E-state index contributed by atoms with van der Waals surface area (Å²) in [7, 11) is 0. The number of rotatable bonds is 5. The summed E-state index contributed by atoms with van der Waals surface area (Å²) in [5.74, 6) is 1.21. The highest BCUT2D eigenvalue weighted by atomic mass is 35.5. The molecular weight excluding hydrogens is 386 g/mol. The van der Waals surface area contributed by atoms with Crippen LogP contribution in [0.5, 0.6) is 11.5 Å². The van der Waals surface area contributed by atoms with Gasteiger partial charge in [0.25, 0.3) is 5.91 Å². The van der Waals surface area contributed by atoms with E-state index < -0.39 is 0 Å². The lowest BCUT2D eigenvalue weighted by Gasteiger charge is -2.26. The lowest BCUT2D eigenvalue weighted by atomic mass is 10.0. The molecule has 0 bridgehead atoms. The molecule has 0 spiro atoms. The van der Waals surface area contributed by atoms with Crippen LogP contribution in [0.2, 0.25) is 5.02 Å². The highest BCUT2D eigenvalue weighted by Gasteiger charge is 2.22. The van der Waals surface area contributed by atoms with E-state index >= 15 is 0 Å². The SMILES string of the molecule is O=C(NCC1COc2ccccc2O1)/C(=C/c1ccccc1Cl)c1ccccc1. The zero-order valence-corrected chi connectivity index (χ0v) is 16.4. The number of para-hydroxylation sites is 2. The summed E-state index contributed by atoms with van der Waals surface area (Å²) in [5, 5.41) is 3.56. The number of amides is 1. The van der Waals surface area contributed by atoms with Gasteiger partial charge in [0.15, 0.2) is 11.5 Å². The van der Waals surface area contributed by atoms with Crippen LogP contribution in [0.1, 0.15) is 11.1 Å². The van der Waals surface area contributed by atoms with E-state index in [1.807, 2.05) is 72.8 Å². The van der Waals surface area contributed by atoms with Crippen molar-refractivity contribution in [1.82, 2.24) is 5.32 Å². The van der Waals surface area contributed by atoms with E-state index in [4.69, 9.17) is 21.1 Å². The van der Waals surface area contributed by atoms with Gasteiger partial charge in [-0.25, -0.2) is 0 Å². The number of hydrogen-bond acceptors (Lipinski definition) is 3. The minimum Gasteiger partial charge on any atom is -0.486 e. The van der Waals surface area contributed by atoms with Crippen molar-refractivity contribution in [2.75, 3.05) is 13.2 Å². The summed E-state index contributed by atoms with van der Waals surface area (Å²) >= 11 is 6.29. The normalized spacial score (nSPS) is 15.6. The summed E-state index contributed by atoms with van der Waals surface area (Å²) in [6.45, 7) is 0.714. The van der Waals surface area contributed by atoms with Gasteiger partial charge in [-0.2, -0.15) is 0 Å². The number of carbonyl (C=O) groups is 1. The van der Waals surface area contributed by atoms with Crippen LogP contribution < -0.4 is 14.8 Å². The average Bonchev–Trinajstić information content (AvgIpc) is 2.77. The Morgan fingerprint density at radius 1 is 0.966 bits per heavy atom. The summed E-state index contributed by atoms with van der Waals surface area (Å²) in [6, 6.07) is 24.5. The first kappa shape index (κ1) is 19.1. The molecule has 1 atom stereocenters. The molecule has 0 aromatic heterocycles. The Hall–Kier alpha value is -3.24. The molecule has 0 radical (unpaired) electrons. The van der Waals surface area contributed by atoms with Gasteiger partial charge in [0, 0.05) is 10.6 Å². The fourth-order valence-corrected chi connectivity index (χ4v) is 3.30. The number of nitrogens with one attached hydrogen (secondary N) is 1. The molecule has 146 valence electrons. The lowest BCUT2D eigenvalue weighted by molar-refractivity contribution is -0.116. The molecular formula is C24H20ClNO3. The lowest BCUT2D eigenvalue weighted by Crippen LogP contribution is -2.41. The minimum absolute atomic E-state index is 0.196. The van der Waals surface area contributed by atoms with Gasteiger partial charge in [0.05, 0.1) is 6.54 Å². The highest BCUT2D eigenvalue weighted by molar-refractivity contribution is 6.33. The number of ether oxygens (including phenoxy) is 2. The van der Waals surface area contributed by atoms with E-state index in [9.17, 15) is 4.79 Å². The van der Waals surface area contributed by atoms with Crippen molar-refractivity contribution in [3.8, 4) is 11.5 Å². The summed E-state index contributed by atoms with van der Waals surface area (Å²) in [4.78, 5) is 13.0. The molecule has 0 fully saturated rings. The number of hydrogen-bond donors (Lipinski definition) is 1. The van der Waals surface area contributed by atoms with Gasteiger partial charge in [-0.05, 0) is 35.4 Å². The van der Waals surface area contributed by atoms with E-state index in [0.717, 1.165) is 16.9 Å². The third-order valence-electron chi connectivity index (χ3n) is 4.59. The van der Waals surface area contributed by atoms with E-state index in [-0.39, 0.29) is 12.0 Å². The zero-order chi connectivity index (χ0) is 20.1. The third-order valence-corrected chi connectivity index (χ3v) is 4.94. The van der Waals surface area contributed by atoms with Crippen LogP contribution in [0.15, 0.2) is 78.9 Å². The molecule has 0 saturated heterocycles. The van der Waals surface area contributed by atoms with Crippen molar-refractivity contribution < 1.29 is 14.3 Å². The molecule has 3 aromatic carbocycles. The molecule has 3 aromatic rings. The Morgan fingerprint density at radius 2 is 1.66 bits per heavy atom. The minimum atomic E-state index is -0.258. The van der Waals surface area contributed by atoms with Crippen molar-refractivity contribution in [2.45, 2.75) is 6.10 Å². The zero-order valence-electron chi connectivity index (χ0n) is 15.7. The molecule has 1 N–H and O–H groups in total. The molecule has 0 aliphatic carbocycles. The number of benzene rings is 3. The summed E-state index contributed by atoms with van der Waals surface area (Å²) in [6.07, 6.45) is 1.55. The molecule has 5 heteroatoms. The Balaban J connectivity index is 1.51. The first-order valence-corrected chi connectivity index (χ1v) is 9.77. The van der Waals surface area contributed by atoms with Gasteiger partial charge in [-0.3, -0.25) is 4.79 Å². The molecule has 0 saturated carbocycles.